The standard InChI is InChI=1S/C20H21BrN2O2S.C20H21ClN2O2S.C19H19ClN2O2S.C18H17ClN2O2S.C17H15ClN2O2S/c2*1-12(2)13-9-10-16(15-8-6-5-7-14(13)15)23-17(21)11-22-19(23)26-20(3,4)18(24)25;1-4-12-9-10-15(14-8-6-5-7-13(12)14)22-16(20)11-21-18(22)25-19(2,3)17(23)24;1-11-8-9-14(13-7-5-4-6-12(11)13)21-15(19)10-20-17(21)24-18(2,3)16(22)23;1-17(2,15(21)22)23-16-19-10-14(18)20(16)13-9-5-7-11-6-3-4-8-12(11)13/h2*5-12H,1-4H3,(H,24,25);5-11H,4H2,1-3H3,(H,23,24);4-10H,1-3H3,(H,22,23);3-10H,1-2H3,(H,21,22). The number of halogens is 5. The molecule has 0 fully saturated rings. The van der Waals surface area contributed by atoms with Gasteiger partial charge in [0.25, 0.3) is 0 Å². The molecule has 0 aliphatic carbocycles. The van der Waals surface area contributed by atoms with Gasteiger partial charge in [-0.25, -0.2) is 24.9 Å². The third kappa shape index (κ3) is 21.0. The number of rotatable bonds is 23. The number of aryl methyl sites for hydroxylation is 2. The van der Waals surface area contributed by atoms with E-state index in [1.807, 2.05) is 135 Å². The highest BCUT2D eigenvalue weighted by Crippen LogP contribution is 2.45. The number of aromatic nitrogens is 10. The summed E-state index contributed by atoms with van der Waals surface area (Å²) in [6.07, 6.45) is 8.87. The molecule has 644 valence electrons. The predicted octanol–water partition coefficient (Wildman–Crippen LogP) is 26.4. The van der Waals surface area contributed by atoms with Crippen molar-refractivity contribution in [1.82, 2.24) is 47.8 Å². The first-order valence-corrected chi connectivity index (χ1v) is 45.7. The van der Waals surface area contributed by atoms with Crippen molar-refractivity contribution in [2.24, 2.45) is 0 Å². The molecule has 0 spiro atoms. The van der Waals surface area contributed by atoms with Crippen molar-refractivity contribution < 1.29 is 49.5 Å². The Kier molecular flexibility index (Phi) is 30.2. The van der Waals surface area contributed by atoms with Crippen LogP contribution in [0, 0.1) is 6.92 Å². The van der Waals surface area contributed by atoms with Crippen LogP contribution >= 0.6 is 121 Å². The molecule has 5 heterocycles. The fourth-order valence-electron chi connectivity index (χ4n) is 13.3. The SMILES string of the molecule is CC(C)(Sc1ncc(Cl)n1-c1cccc2ccccc12)C(=O)O.CC(C)c1ccc(-n2c(Br)cnc2SC(C)(C)C(=O)O)c2ccccc12.CC(C)c1ccc(-n2c(Cl)cnc2SC(C)(C)C(=O)O)c2ccccc12.CCc1ccc(-n2c(Cl)cnc2SC(C)(C)C(=O)O)c2ccccc12.Cc1ccc(-n2c(Cl)cnc2SC(C)(C)C(=O)O)c2ccccc12. The molecule has 5 aromatic heterocycles. The smallest absolute Gasteiger partial charge is 0.319 e. The Morgan fingerprint density at radius 2 is 0.589 bits per heavy atom. The number of nitrogens with zero attached hydrogens (tertiary/aromatic N) is 10. The zero-order valence-corrected chi connectivity index (χ0v) is 79.5. The Morgan fingerprint density at radius 1 is 0.331 bits per heavy atom. The summed E-state index contributed by atoms with van der Waals surface area (Å²) < 4.78 is 5.00. The molecule has 124 heavy (non-hydrogen) atoms. The summed E-state index contributed by atoms with van der Waals surface area (Å²) in [5.74, 6) is -3.64. The first-order valence-electron chi connectivity index (χ1n) is 39.3. The van der Waals surface area contributed by atoms with Gasteiger partial charge in [-0.05, 0) is 190 Å². The van der Waals surface area contributed by atoms with Crippen LogP contribution in [0.5, 0.6) is 0 Å². The summed E-state index contributed by atoms with van der Waals surface area (Å²) in [5, 5.41) is 62.9. The Labute approximate surface area is 769 Å². The van der Waals surface area contributed by atoms with E-state index >= 15 is 0 Å². The largest absolute Gasteiger partial charge is 0.480 e. The highest BCUT2D eigenvalue weighted by Gasteiger charge is 2.37. The van der Waals surface area contributed by atoms with Crippen molar-refractivity contribution in [1.29, 1.82) is 0 Å². The van der Waals surface area contributed by atoms with Crippen molar-refractivity contribution in [2.45, 2.75) is 179 Å². The number of fused-ring (bicyclic) bond motifs is 5. The maximum Gasteiger partial charge on any atom is 0.319 e. The Hall–Kier alpha value is -9.71. The number of thioether (sulfide) groups is 5. The molecule has 0 saturated carbocycles. The number of imidazole rings is 5. The minimum atomic E-state index is -1.01. The molecule has 10 aromatic carbocycles. The van der Waals surface area contributed by atoms with Gasteiger partial charge in [-0.1, -0.05) is 298 Å². The second-order valence-corrected chi connectivity index (χ2v) is 42.2. The first-order chi connectivity index (χ1) is 58.5. The van der Waals surface area contributed by atoms with E-state index in [9.17, 15) is 49.5 Å². The number of hydrogen-bond acceptors (Lipinski definition) is 15. The molecule has 15 rings (SSSR count). The average Bonchev–Trinajstić information content (AvgIpc) is 1.59. The summed E-state index contributed by atoms with van der Waals surface area (Å²) in [5.41, 5.74) is 9.55. The minimum absolute atomic E-state index is 0.395. The van der Waals surface area contributed by atoms with Crippen molar-refractivity contribution >= 4 is 205 Å². The molecular formula is C94H93BrCl4N10O10S5. The van der Waals surface area contributed by atoms with Crippen molar-refractivity contribution in [2.75, 3.05) is 0 Å². The second kappa shape index (κ2) is 39.4. The van der Waals surface area contributed by atoms with E-state index in [0.717, 1.165) is 77.2 Å². The van der Waals surface area contributed by atoms with Crippen LogP contribution in [0.25, 0.3) is 82.3 Å². The van der Waals surface area contributed by atoms with Gasteiger partial charge in [0.05, 0.1) is 59.4 Å². The molecule has 30 heteroatoms. The Bertz CT molecular complexity index is 6370. The topological polar surface area (TPSA) is 276 Å². The number of carboxylic acid groups (broad SMARTS) is 5. The van der Waals surface area contributed by atoms with Gasteiger partial charge in [0, 0.05) is 26.9 Å². The molecular weight excluding hydrogens is 1810 g/mol. The monoisotopic (exact) mass is 1900 g/mol. The van der Waals surface area contributed by atoms with Crippen LogP contribution in [0.2, 0.25) is 20.6 Å². The first kappa shape index (κ1) is 95.0. The van der Waals surface area contributed by atoms with Gasteiger partial charge in [0.1, 0.15) is 49.0 Å². The summed E-state index contributed by atoms with van der Waals surface area (Å²) in [4.78, 5) is 79.1. The molecule has 0 unspecified atom stereocenters. The minimum Gasteiger partial charge on any atom is -0.480 e. The molecule has 0 amide bonds. The molecule has 0 aliphatic heterocycles. The van der Waals surface area contributed by atoms with Crippen LogP contribution in [0.4, 0.5) is 0 Å². The molecule has 15 aromatic rings. The number of carbonyl (C=O) groups is 5. The molecule has 0 atom stereocenters. The van der Waals surface area contributed by atoms with E-state index in [0.29, 0.717) is 58.2 Å². The highest BCUT2D eigenvalue weighted by molar-refractivity contribution is 9.10. The van der Waals surface area contributed by atoms with Crippen molar-refractivity contribution in [3.63, 3.8) is 0 Å². The number of hydrogen-bond donors (Lipinski definition) is 5. The maximum atomic E-state index is 11.5. The van der Waals surface area contributed by atoms with E-state index in [1.165, 1.54) is 97.2 Å². The summed E-state index contributed by atoms with van der Waals surface area (Å²) in [6.45, 7) is 29.5. The van der Waals surface area contributed by atoms with E-state index in [-0.39, 0.29) is 0 Å². The summed E-state index contributed by atoms with van der Waals surface area (Å²) in [7, 11) is 0. The van der Waals surface area contributed by atoms with Crippen LogP contribution < -0.4 is 0 Å². The van der Waals surface area contributed by atoms with Crippen LogP contribution in [0.1, 0.15) is 138 Å². The average molecular weight is 1900 g/mol. The van der Waals surface area contributed by atoms with Crippen LogP contribution in [-0.4, -0.2) is 127 Å². The normalized spacial score (nSPS) is 11.9. The van der Waals surface area contributed by atoms with Gasteiger partial charge in [-0.3, -0.25) is 46.8 Å². The van der Waals surface area contributed by atoms with Gasteiger partial charge in [0.2, 0.25) is 0 Å². The molecule has 5 N–H and O–H groups in total. The Morgan fingerprint density at radius 3 is 0.935 bits per heavy atom. The van der Waals surface area contributed by atoms with Crippen LogP contribution in [-0.2, 0) is 30.4 Å². The lowest BCUT2D eigenvalue weighted by atomic mass is 9.95. The predicted molar refractivity (Wildman–Crippen MR) is 513 cm³/mol. The third-order valence-electron chi connectivity index (χ3n) is 20.3. The van der Waals surface area contributed by atoms with Crippen LogP contribution in [0.15, 0.2) is 249 Å². The fraction of sp³-hybridized carbons (Fsp3) is 0.255. The number of aliphatic carboxylic acids is 5. The lowest BCUT2D eigenvalue weighted by Gasteiger charge is -2.20. The quantitative estimate of drug-likeness (QED) is 0.0372. The van der Waals surface area contributed by atoms with Crippen LogP contribution in [0.3, 0.4) is 0 Å². The molecule has 0 bridgehead atoms. The molecule has 0 aliphatic rings. The van der Waals surface area contributed by atoms with Crippen molar-refractivity contribution in [3.8, 4) is 28.4 Å². The highest BCUT2D eigenvalue weighted by atomic mass is 79.9. The van der Waals surface area contributed by atoms with Gasteiger partial charge in [-0.2, -0.15) is 0 Å². The molecule has 0 saturated heterocycles. The second-order valence-electron chi connectivity index (χ2n) is 31.9. The van der Waals surface area contributed by atoms with Gasteiger partial charge < -0.3 is 25.5 Å². The van der Waals surface area contributed by atoms with E-state index in [4.69, 9.17) is 46.4 Å². The lowest BCUT2D eigenvalue weighted by molar-refractivity contribution is -0.139. The maximum absolute atomic E-state index is 11.5. The zero-order valence-electron chi connectivity index (χ0n) is 70.8. The van der Waals surface area contributed by atoms with E-state index < -0.39 is 53.6 Å². The molecule has 0 radical (unpaired) electrons. The molecule has 20 nitrogen and oxygen atoms in total. The third-order valence-corrected chi connectivity index (χ3v) is 27.7. The van der Waals surface area contributed by atoms with E-state index in [2.05, 4.69) is 149 Å². The van der Waals surface area contributed by atoms with Gasteiger partial charge >= 0.3 is 29.8 Å². The lowest BCUT2D eigenvalue weighted by Crippen LogP contribution is -2.27. The van der Waals surface area contributed by atoms with Crippen molar-refractivity contribution in [3.05, 3.63) is 267 Å². The number of benzene rings is 10. The zero-order chi connectivity index (χ0) is 90.4. The Balaban J connectivity index is 0.000000151. The number of carboxylic acids is 5. The summed E-state index contributed by atoms with van der Waals surface area (Å²) >= 11 is 35.1. The van der Waals surface area contributed by atoms with E-state index in [1.54, 1.807) is 109 Å². The summed E-state index contributed by atoms with van der Waals surface area (Å²) in [6, 6.07) is 63.1. The van der Waals surface area contributed by atoms with Gasteiger partial charge in [-0.15, -0.1) is 0 Å². The fourth-order valence-corrected chi connectivity index (χ4v) is 19.6. The van der Waals surface area contributed by atoms with Gasteiger partial charge in [0.15, 0.2) is 25.8 Å².